The second-order valence-electron chi connectivity index (χ2n) is 4.13. The van der Waals surface area contributed by atoms with Gasteiger partial charge >= 0.3 is 6.36 Å². The molecule has 19 heavy (non-hydrogen) atoms. The molecule has 0 bridgehead atoms. The number of rotatable bonds is 3. The predicted molar refractivity (Wildman–Crippen MR) is 67.9 cm³/mol. The maximum Gasteiger partial charge on any atom is 0.573 e. The van der Waals surface area contributed by atoms with Gasteiger partial charge in [0.05, 0.1) is 0 Å². The Balaban J connectivity index is 2.27. The quantitative estimate of drug-likeness (QED) is 0.774. The average molecular weight is 266 g/mol. The number of alkyl halides is 3. The minimum atomic E-state index is -4.66. The lowest BCUT2D eigenvalue weighted by atomic mass is 10.0. The molecule has 0 aliphatic rings. The Labute approximate surface area is 109 Å². The van der Waals surface area contributed by atoms with Crippen LogP contribution in [0, 0.1) is 0 Å². The highest BCUT2D eigenvalue weighted by atomic mass is 19.4. The lowest BCUT2D eigenvalue weighted by molar-refractivity contribution is -0.274. The smallest absolute Gasteiger partial charge is 0.406 e. The van der Waals surface area contributed by atoms with Gasteiger partial charge in [-0.15, -0.1) is 13.2 Å². The molecule has 100 valence electrons. The third kappa shape index (κ3) is 3.74. The zero-order valence-electron chi connectivity index (χ0n) is 10.4. The van der Waals surface area contributed by atoms with E-state index < -0.39 is 6.36 Å². The van der Waals surface area contributed by atoms with Crippen LogP contribution in [0.2, 0.25) is 0 Å². The lowest BCUT2D eigenvalue weighted by Gasteiger charge is -2.10. The van der Waals surface area contributed by atoms with Crippen molar-refractivity contribution in [2.75, 3.05) is 0 Å². The summed E-state index contributed by atoms with van der Waals surface area (Å²) in [5.74, 6) is -0.204. The maximum absolute atomic E-state index is 12.2. The molecule has 0 radical (unpaired) electrons. The molecule has 0 atom stereocenters. The summed E-state index contributed by atoms with van der Waals surface area (Å²) in [6.07, 6.45) is -3.73. The van der Waals surface area contributed by atoms with Crippen molar-refractivity contribution >= 4 is 0 Å². The van der Waals surface area contributed by atoms with E-state index >= 15 is 0 Å². The summed E-state index contributed by atoms with van der Waals surface area (Å²) in [4.78, 5) is 0. The lowest BCUT2D eigenvalue weighted by Crippen LogP contribution is -2.17. The molecule has 2 rings (SSSR count). The van der Waals surface area contributed by atoms with E-state index in [0.29, 0.717) is 5.56 Å². The normalized spacial score (nSPS) is 11.4. The standard InChI is InChI=1S/C15H13F3O/c1-2-11-6-8-12(9-7-11)13-4-3-5-14(10-13)19-15(16,17)18/h3-10H,2H2,1H3. The van der Waals surface area contributed by atoms with Crippen LogP contribution in [-0.4, -0.2) is 6.36 Å². The third-order valence-corrected chi connectivity index (χ3v) is 2.76. The van der Waals surface area contributed by atoms with E-state index in [-0.39, 0.29) is 5.75 Å². The van der Waals surface area contributed by atoms with E-state index in [2.05, 4.69) is 4.74 Å². The molecule has 4 heteroatoms. The van der Waals surface area contributed by atoms with Gasteiger partial charge in [-0.1, -0.05) is 43.3 Å². The molecule has 0 amide bonds. The van der Waals surface area contributed by atoms with E-state index in [9.17, 15) is 13.2 Å². The summed E-state index contributed by atoms with van der Waals surface area (Å²) >= 11 is 0. The minimum Gasteiger partial charge on any atom is -0.406 e. The van der Waals surface area contributed by atoms with E-state index in [1.807, 2.05) is 31.2 Å². The first-order chi connectivity index (χ1) is 8.98. The van der Waals surface area contributed by atoms with Crippen molar-refractivity contribution in [1.29, 1.82) is 0 Å². The second kappa shape index (κ2) is 5.34. The van der Waals surface area contributed by atoms with Crippen LogP contribution in [0.1, 0.15) is 12.5 Å². The first-order valence-corrected chi connectivity index (χ1v) is 5.93. The first kappa shape index (κ1) is 13.5. The van der Waals surface area contributed by atoms with Crippen molar-refractivity contribution in [3.05, 3.63) is 54.1 Å². The fraction of sp³-hybridized carbons (Fsp3) is 0.200. The Morgan fingerprint density at radius 2 is 1.63 bits per heavy atom. The van der Waals surface area contributed by atoms with E-state index in [0.717, 1.165) is 12.0 Å². The second-order valence-corrected chi connectivity index (χ2v) is 4.13. The first-order valence-electron chi connectivity index (χ1n) is 5.93. The van der Waals surface area contributed by atoms with Crippen LogP contribution in [0.5, 0.6) is 5.75 Å². The molecule has 0 aliphatic carbocycles. The Morgan fingerprint density at radius 3 is 2.21 bits per heavy atom. The van der Waals surface area contributed by atoms with Crippen molar-refractivity contribution in [3.8, 4) is 16.9 Å². The highest BCUT2D eigenvalue weighted by Gasteiger charge is 2.31. The van der Waals surface area contributed by atoms with Crippen LogP contribution >= 0.6 is 0 Å². The third-order valence-electron chi connectivity index (χ3n) is 2.76. The molecule has 2 aromatic rings. The fourth-order valence-corrected chi connectivity index (χ4v) is 1.81. The van der Waals surface area contributed by atoms with Gasteiger partial charge in [0.25, 0.3) is 0 Å². The summed E-state index contributed by atoms with van der Waals surface area (Å²) < 4.78 is 40.4. The van der Waals surface area contributed by atoms with Crippen LogP contribution < -0.4 is 4.74 Å². The number of benzene rings is 2. The summed E-state index contributed by atoms with van der Waals surface area (Å²) in [6.45, 7) is 2.05. The summed E-state index contributed by atoms with van der Waals surface area (Å²) in [5, 5.41) is 0. The Morgan fingerprint density at radius 1 is 0.947 bits per heavy atom. The molecule has 0 spiro atoms. The zero-order chi connectivity index (χ0) is 13.9. The molecule has 0 aliphatic heterocycles. The van der Waals surface area contributed by atoms with Gasteiger partial charge in [0.15, 0.2) is 0 Å². The summed E-state index contributed by atoms with van der Waals surface area (Å²) in [7, 11) is 0. The van der Waals surface area contributed by atoms with Crippen LogP contribution in [0.3, 0.4) is 0 Å². The van der Waals surface area contributed by atoms with E-state index in [1.165, 1.54) is 17.7 Å². The maximum atomic E-state index is 12.2. The monoisotopic (exact) mass is 266 g/mol. The van der Waals surface area contributed by atoms with Gasteiger partial charge in [-0.3, -0.25) is 0 Å². The Bertz CT molecular complexity index is 544. The molecular formula is C15H13F3O. The van der Waals surface area contributed by atoms with Crippen LogP contribution in [-0.2, 0) is 6.42 Å². The zero-order valence-corrected chi connectivity index (χ0v) is 10.4. The summed E-state index contributed by atoms with van der Waals surface area (Å²) in [6, 6.07) is 13.7. The number of ether oxygens (including phenoxy) is 1. The predicted octanol–water partition coefficient (Wildman–Crippen LogP) is 4.81. The van der Waals surface area contributed by atoms with Gasteiger partial charge in [0, 0.05) is 0 Å². The van der Waals surface area contributed by atoms with Gasteiger partial charge in [0.1, 0.15) is 5.75 Å². The molecule has 2 aromatic carbocycles. The highest BCUT2D eigenvalue weighted by Crippen LogP contribution is 2.28. The molecule has 0 aromatic heterocycles. The molecule has 0 saturated carbocycles. The largest absolute Gasteiger partial charge is 0.573 e. The molecule has 0 fully saturated rings. The van der Waals surface area contributed by atoms with Crippen molar-refractivity contribution in [3.63, 3.8) is 0 Å². The topological polar surface area (TPSA) is 9.23 Å². The van der Waals surface area contributed by atoms with Crippen molar-refractivity contribution in [2.24, 2.45) is 0 Å². The van der Waals surface area contributed by atoms with Crippen LogP contribution in [0.25, 0.3) is 11.1 Å². The Kier molecular flexibility index (Phi) is 3.79. The minimum absolute atomic E-state index is 0.204. The van der Waals surface area contributed by atoms with Gasteiger partial charge < -0.3 is 4.74 Å². The molecule has 0 heterocycles. The molecule has 0 unspecified atom stereocenters. The van der Waals surface area contributed by atoms with E-state index in [4.69, 9.17) is 0 Å². The van der Waals surface area contributed by atoms with Crippen LogP contribution in [0.4, 0.5) is 13.2 Å². The van der Waals surface area contributed by atoms with Crippen molar-refractivity contribution in [2.45, 2.75) is 19.7 Å². The van der Waals surface area contributed by atoms with E-state index in [1.54, 1.807) is 12.1 Å². The average Bonchev–Trinajstić information content (AvgIpc) is 2.37. The highest BCUT2D eigenvalue weighted by molar-refractivity contribution is 5.65. The number of hydrogen-bond acceptors (Lipinski definition) is 1. The summed E-state index contributed by atoms with van der Waals surface area (Å²) in [5.41, 5.74) is 2.75. The Hall–Kier alpha value is -1.97. The number of aryl methyl sites for hydroxylation is 1. The molecule has 0 saturated heterocycles. The molecular weight excluding hydrogens is 253 g/mol. The van der Waals surface area contributed by atoms with Gasteiger partial charge in [-0.2, -0.15) is 0 Å². The molecule has 1 nitrogen and oxygen atoms in total. The SMILES string of the molecule is CCc1ccc(-c2cccc(OC(F)(F)F)c2)cc1. The number of hydrogen-bond donors (Lipinski definition) is 0. The molecule has 0 N–H and O–H groups in total. The van der Waals surface area contributed by atoms with Crippen molar-refractivity contribution in [1.82, 2.24) is 0 Å². The fourth-order valence-electron chi connectivity index (χ4n) is 1.81. The number of halogens is 3. The van der Waals surface area contributed by atoms with Gasteiger partial charge in [-0.25, -0.2) is 0 Å². The van der Waals surface area contributed by atoms with Crippen molar-refractivity contribution < 1.29 is 17.9 Å². The van der Waals surface area contributed by atoms with Crippen LogP contribution in [0.15, 0.2) is 48.5 Å². The van der Waals surface area contributed by atoms with Gasteiger partial charge in [0.2, 0.25) is 0 Å². The van der Waals surface area contributed by atoms with Gasteiger partial charge in [-0.05, 0) is 35.2 Å².